The second-order valence-electron chi connectivity index (χ2n) is 7.77. The molecule has 0 radical (unpaired) electrons. The van der Waals surface area contributed by atoms with E-state index in [1.807, 2.05) is 48.7 Å². The van der Waals surface area contributed by atoms with Crippen LogP contribution in [0.15, 0.2) is 91.1 Å². The highest BCUT2D eigenvalue weighted by molar-refractivity contribution is 7.80. The van der Waals surface area contributed by atoms with Crippen LogP contribution in [0.5, 0.6) is 5.75 Å². The third-order valence-corrected chi connectivity index (χ3v) is 6.17. The highest BCUT2D eigenvalue weighted by Crippen LogP contribution is 2.43. The van der Waals surface area contributed by atoms with E-state index in [1.54, 1.807) is 7.11 Å². The number of pyridine rings is 1. The molecule has 5 nitrogen and oxygen atoms in total. The van der Waals surface area contributed by atoms with Gasteiger partial charge in [-0.1, -0.05) is 30.3 Å². The summed E-state index contributed by atoms with van der Waals surface area (Å²) in [5.74, 6) is 0.792. The summed E-state index contributed by atoms with van der Waals surface area (Å²) in [5, 5.41) is 4.20. The van der Waals surface area contributed by atoms with Gasteiger partial charge in [-0.3, -0.25) is 4.98 Å². The number of nitrogens with zero attached hydrogens (tertiary/aromatic N) is 3. The molecular weight excluding hydrogens is 416 g/mol. The Hall–Kier alpha value is -3.64. The van der Waals surface area contributed by atoms with Crippen LogP contribution in [-0.2, 0) is 0 Å². The lowest BCUT2D eigenvalue weighted by Crippen LogP contribution is -2.30. The molecule has 0 unspecified atom stereocenters. The number of nitrogens with one attached hydrogen (secondary N) is 1. The van der Waals surface area contributed by atoms with Gasteiger partial charge in [0.15, 0.2) is 5.11 Å². The van der Waals surface area contributed by atoms with Gasteiger partial charge >= 0.3 is 0 Å². The molecule has 1 aliphatic rings. The van der Waals surface area contributed by atoms with Crippen molar-refractivity contribution in [2.45, 2.75) is 19.0 Å². The third kappa shape index (κ3) is 3.52. The Morgan fingerprint density at radius 3 is 2.44 bits per heavy atom. The lowest BCUT2D eigenvalue weighted by Gasteiger charge is -2.29. The first-order chi connectivity index (χ1) is 15.7. The number of anilines is 1. The van der Waals surface area contributed by atoms with Gasteiger partial charge in [-0.15, -0.1) is 0 Å². The normalized spacial score (nSPS) is 17.9. The van der Waals surface area contributed by atoms with Crippen molar-refractivity contribution < 1.29 is 4.74 Å². The smallest absolute Gasteiger partial charge is 0.174 e. The molecule has 0 amide bonds. The summed E-state index contributed by atoms with van der Waals surface area (Å²) in [4.78, 5) is 6.83. The summed E-state index contributed by atoms with van der Waals surface area (Å²) >= 11 is 5.86. The Balaban J connectivity index is 1.70. The summed E-state index contributed by atoms with van der Waals surface area (Å²) in [6.07, 6.45) is 1.83. The maximum Gasteiger partial charge on any atom is 0.174 e. The van der Waals surface area contributed by atoms with Crippen LogP contribution in [0.3, 0.4) is 0 Å². The van der Waals surface area contributed by atoms with E-state index < -0.39 is 0 Å². The molecule has 2 aromatic carbocycles. The maximum absolute atomic E-state index is 5.86. The van der Waals surface area contributed by atoms with E-state index in [0.29, 0.717) is 5.11 Å². The van der Waals surface area contributed by atoms with Gasteiger partial charge in [0, 0.05) is 35.0 Å². The summed E-state index contributed by atoms with van der Waals surface area (Å²) in [6.45, 7) is 2.13. The van der Waals surface area contributed by atoms with Crippen LogP contribution in [0.1, 0.15) is 29.2 Å². The summed E-state index contributed by atoms with van der Waals surface area (Å²) in [7, 11) is 1.68. The van der Waals surface area contributed by atoms with E-state index in [0.717, 1.165) is 34.2 Å². The first-order valence-corrected chi connectivity index (χ1v) is 11.0. The number of para-hydroxylation sites is 1. The SMILES string of the molecule is COc1cccc(N2C(=S)N[C@@H](c3ccccn3)[C@@H]2c2ccc(C)n2-c2ccccc2)c1. The average Bonchev–Trinajstić information content (AvgIpc) is 3.39. The van der Waals surface area contributed by atoms with Crippen molar-refractivity contribution in [3.8, 4) is 11.4 Å². The molecule has 1 fully saturated rings. The molecule has 4 aromatic rings. The van der Waals surface area contributed by atoms with Crippen molar-refractivity contribution in [3.63, 3.8) is 0 Å². The molecule has 1 aliphatic heterocycles. The van der Waals surface area contributed by atoms with Gasteiger partial charge in [-0.05, 0) is 67.7 Å². The molecule has 3 heterocycles. The standard InChI is InChI=1S/C26H24N4OS/c1-18-14-15-23(29(18)19-9-4-3-5-10-19)25-24(22-13-6-7-16-27-22)28-26(32)30(25)20-11-8-12-21(17-20)31-2/h3-17,24-25H,1-2H3,(H,28,32)/t24-,25-/m0/s1. The number of hydrogen-bond donors (Lipinski definition) is 1. The Bertz CT molecular complexity index is 1240. The molecule has 160 valence electrons. The Morgan fingerprint density at radius 1 is 0.906 bits per heavy atom. The van der Waals surface area contributed by atoms with Gasteiger partial charge in [-0.25, -0.2) is 0 Å². The number of benzene rings is 2. The fraction of sp³-hybridized carbons (Fsp3) is 0.154. The van der Waals surface area contributed by atoms with Crippen LogP contribution >= 0.6 is 12.2 Å². The van der Waals surface area contributed by atoms with Crippen molar-refractivity contribution in [1.29, 1.82) is 0 Å². The van der Waals surface area contributed by atoms with Crippen molar-refractivity contribution in [2.24, 2.45) is 0 Å². The van der Waals surface area contributed by atoms with Gasteiger partial charge < -0.3 is 19.5 Å². The molecule has 2 aromatic heterocycles. The van der Waals surface area contributed by atoms with E-state index in [4.69, 9.17) is 17.0 Å². The number of methoxy groups -OCH3 is 1. The molecule has 1 saturated heterocycles. The van der Waals surface area contributed by atoms with E-state index in [1.165, 1.54) is 0 Å². The molecule has 0 aliphatic carbocycles. The van der Waals surface area contributed by atoms with E-state index in [9.17, 15) is 0 Å². The zero-order valence-corrected chi connectivity index (χ0v) is 18.8. The number of rotatable bonds is 5. The van der Waals surface area contributed by atoms with Crippen molar-refractivity contribution in [3.05, 3.63) is 108 Å². The number of aromatic nitrogens is 2. The molecule has 6 heteroatoms. The highest BCUT2D eigenvalue weighted by atomic mass is 32.1. The lowest BCUT2D eigenvalue weighted by atomic mass is 10.0. The summed E-state index contributed by atoms with van der Waals surface area (Å²) in [6, 6.07) is 28.6. The zero-order valence-electron chi connectivity index (χ0n) is 18.0. The fourth-order valence-corrected chi connectivity index (χ4v) is 4.76. The predicted octanol–water partition coefficient (Wildman–Crippen LogP) is 5.37. The summed E-state index contributed by atoms with van der Waals surface area (Å²) in [5.41, 5.74) is 5.34. The van der Waals surface area contributed by atoms with Gasteiger partial charge in [0.05, 0.1) is 18.8 Å². The van der Waals surface area contributed by atoms with Crippen molar-refractivity contribution in [2.75, 3.05) is 12.0 Å². The zero-order chi connectivity index (χ0) is 22.1. The van der Waals surface area contributed by atoms with Crippen LogP contribution in [0, 0.1) is 6.92 Å². The molecule has 1 N–H and O–H groups in total. The van der Waals surface area contributed by atoms with Crippen LogP contribution in [0.2, 0.25) is 0 Å². The van der Waals surface area contributed by atoms with E-state index in [2.05, 4.69) is 69.2 Å². The van der Waals surface area contributed by atoms with Crippen LogP contribution < -0.4 is 15.0 Å². The van der Waals surface area contributed by atoms with Crippen LogP contribution in [0.4, 0.5) is 5.69 Å². The minimum absolute atomic E-state index is 0.0987. The van der Waals surface area contributed by atoms with Gasteiger partial charge in [0.1, 0.15) is 11.8 Å². The lowest BCUT2D eigenvalue weighted by molar-refractivity contribution is 0.414. The maximum atomic E-state index is 5.86. The summed E-state index contributed by atoms with van der Waals surface area (Å²) < 4.78 is 7.79. The molecule has 5 rings (SSSR count). The first kappa shape index (κ1) is 20.3. The molecular formula is C26H24N4OS. The van der Waals surface area contributed by atoms with Gasteiger partial charge in [0.2, 0.25) is 0 Å². The topological polar surface area (TPSA) is 42.3 Å². The Labute approximate surface area is 193 Å². The number of ether oxygens (including phenoxy) is 1. The van der Waals surface area contributed by atoms with Gasteiger partial charge in [0.25, 0.3) is 0 Å². The second kappa shape index (κ2) is 8.48. The minimum Gasteiger partial charge on any atom is -0.497 e. The Morgan fingerprint density at radius 2 is 1.69 bits per heavy atom. The molecule has 0 spiro atoms. The highest BCUT2D eigenvalue weighted by Gasteiger charge is 2.42. The van der Waals surface area contributed by atoms with Crippen LogP contribution in [0.25, 0.3) is 5.69 Å². The Kier molecular flexibility index (Phi) is 5.37. The van der Waals surface area contributed by atoms with Gasteiger partial charge in [-0.2, -0.15) is 0 Å². The molecule has 32 heavy (non-hydrogen) atoms. The first-order valence-electron chi connectivity index (χ1n) is 10.6. The molecule has 0 bridgehead atoms. The minimum atomic E-state index is -0.105. The predicted molar refractivity (Wildman–Crippen MR) is 131 cm³/mol. The molecule has 0 saturated carbocycles. The largest absolute Gasteiger partial charge is 0.497 e. The monoisotopic (exact) mass is 440 g/mol. The number of aryl methyl sites for hydroxylation is 1. The average molecular weight is 441 g/mol. The third-order valence-electron chi connectivity index (χ3n) is 5.85. The van der Waals surface area contributed by atoms with Crippen molar-refractivity contribution >= 4 is 23.0 Å². The number of hydrogen-bond acceptors (Lipinski definition) is 3. The number of thiocarbonyl (C=S) groups is 1. The molecule has 2 atom stereocenters. The van der Waals surface area contributed by atoms with Crippen molar-refractivity contribution in [1.82, 2.24) is 14.9 Å². The quantitative estimate of drug-likeness (QED) is 0.423. The second-order valence-corrected chi connectivity index (χ2v) is 8.16. The van der Waals surface area contributed by atoms with E-state index in [-0.39, 0.29) is 12.1 Å². The van der Waals surface area contributed by atoms with E-state index >= 15 is 0 Å². The van der Waals surface area contributed by atoms with Crippen LogP contribution in [-0.4, -0.2) is 21.8 Å². The fourth-order valence-electron chi connectivity index (χ4n) is 4.41.